The van der Waals surface area contributed by atoms with Crippen molar-refractivity contribution in [1.82, 2.24) is 0 Å². The number of halogens is 3. The zero-order chi connectivity index (χ0) is 20.0. The second kappa shape index (κ2) is 8.84. The van der Waals surface area contributed by atoms with E-state index in [9.17, 15) is 23.1 Å². The van der Waals surface area contributed by atoms with Crippen molar-refractivity contribution in [2.75, 3.05) is 6.61 Å². The molecule has 0 spiro atoms. The van der Waals surface area contributed by atoms with Crippen molar-refractivity contribution in [3.8, 4) is 0 Å². The molecule has 0 radical (unpaired) electrons. The van der Waals surface area contributed by atoms with Crippen LogP contribution >= 0.6 is 0 Å². The molecule has 2 N–H and O–H groups in total. The highest BCUT2D eigenvalue weighted by Gasteiger charge is 2.44. The monoisotopic (exact) mass is 363 g/mol. The van der Waals surface area contributed by atoms with Crippen LogP contribution in [0.15, 0.2) is 35.6 Å². The van der Waals surface area contributed by atoms with E-state index < -0.39 is 35.3 Å². The first kappa shape index (κ1) is 22.9. The van der Waals surface area contributed by atoms with Gasteiger partial charge in [0.2, 0.25) is 0 Å². The van der Waals surface area contributed by atoms with Gasteiger partial charge in [0, 0.05) is 0 Å². The topological polar surface area (TPSA) is 79.6 Å². The first-order chi connectivity index (χ1) is 11.3. The summed E-state index contributed by atoms with van der Waals surface area (Å²) in [5.41, 5.74) is -2.95. The Morgan fingerprint density at radius 2 is 1.88 bits per heavy atom. The Morgan fingerprint density at radius 3 is 2.20 bits per heavy atom. The van der Waals surface area contributed by atoms with E-state index in [4.69, 9.17) is 10.1 Å². The maximum atomic E-state index is 12.5. The molecule has 0 aromatic carbocycles. The molecule has 25 heavy (non-hydrogen) atoms. The van der Waals surface area contributed by atoms with Crippen LogP contribution in [0.3, 0.4) is 0 Å². The highest BCUT2D eigenvalue weighted by Crippen LogP contribution is 2.34. The number of hydrogen-bond donors (Lipinski definition) is 2. The van der Waals surface area contributed by atoms with E-state index in [0.717, 1.165) is 12.2 Å². The minimum absolute atomic E-state index is 0.0151. The molecule has 0 fully saturated rings. The number of nitrogens with one attached hydrogen (secondary N) is 1. The van der Waals surface area contributed by atoms with Crippen LogP contribution in [-0.2, 0) is 14.3 Å². The summed E-state index contributed by atoms with van der Waals surface area (Å²) in [6.45, 7) is 10.9. The summed E-state index contributed by atoms with van der Waals surface area (Å²) >= 11 is 0. The number of allylic oxidation sites excluding steroid dienone is 2. The largest absolute Gasteiger partial charge is 0.573 e. The molecule has 0 aliphatic heterocycles. The number of esters is 1. The fourth-order valence-electron chi connectivity index (χ4n) is 2.10. The van der Waals surface area contributed by atoms with Crippen molar-refractivity contribution in [3.05, 3.63) is 35.6 Å². The highest BCUT2D eigenvalue weighted by atomic mass is 19.4. The van der Waals surface area contributed by atoms with Gasteiger partial charge in [0.05, 0.1) is 6.61 Å². The van der Waals surface area contributed by atoms with Gasteiger partial charge in [-0.15, -0.1) is 13.2 Å². The van der Waals surface area contributed by atoms with E-state index in [-0.39, 0.29) is 17.8 Å². The third kappa shape index (κ3) is 6.04. The molecule has 0 aromatic rings. The van der Waals surface area contributed by atoms with Gasteiger partial charge in [0.1, 0.15) is 11.4 Å². The predicted octanol–water partition coefficient (Wildman–Crippen LogP) is 3.90. The van der Waals surface area contributed by atoms with Crippen LogP contribution in [0.4, 0.5) is 13.2 Å². The Kier molecular flexibility index (Phi) is 8.11. The summed E-state index contributed by atoms with van der Waals surface area (Å²) in [5.74, 6) is -2.39. The maximum Gasteiger partial charge on any atom is 0.573 e. The molecule has 1 atom stereocenters. The van der Waals surface area contributed by atoms with E-state index in [1.807, 2.05) is 0 Å². The van der Waals surface area contributed by atoms with E-state index >= 15 is 0 Å². The molecular weight excluding hydrogens is 339 g/mol. The van der Waals surface area contributed by atoms with Crippen LogP contribution < -0.4 is 0 Å². The van der Waals surface area contributed by atoms with Crippen LogP contribution in [-0.4, -0.2) is 35.4 Å². The molecule has 0 aromatic heterocycles. The van der Waals surface area contributed by atoms with Gasteiger partial charge >= 0.3 is 12.3 Å². The van der Waals surface area contributed by atoms with Crippen molar-refractivity contribution in [1.29, 1.82) is 5.41 Å². The van der Waals surface area contributed by atoms with Crippen molar-refractivity contribution < 1.29 is 32.5 Å². The lowest BCUT2D eigenvalue weighted by Crippen LogP contribution is -2.49. The molecule has 0 rings (SSSR count). The number of ether oxygens (including phenoxy) is 2. The standard InChI is InChI=1S/C17H24F3NO4/c1-7-12(25-17(18,19)20)9-13(10(3)4)16(23,11(5)6)14(21)15(22)24-8-2/h7,9,11,21,23H,3,8H2,1-2,4-6H3. The average Bonchev–Trinajstić information content (AvgIpc) is 2.48. The number of hydrogen-bond acceptors (Lipinski definition) is 5. The summed E-state index contributed by atoms with van der Waals surface area (Å²) in [6.07, 6.45) is -2.96. The molecule has 8 heteroatoms. The summed E-state index contributed by atoms with van der Waals surface area (Å²) in [5, 5.41) is 19.0. The van der Waals surface area contributed by atoms with Crippen LogP contribution in [0.2, 0.25) is 0 Å². The van der Waals surface area contributed by atoms with E-state index in [2.05, 4.69) is 11.3 Å². The third-order valence-corrected chi connectivity index (χ3v) is 3.37. The van der Waals surface area contributed by atoms with Crippen LogP contribution in [0.25, 0.3) is 0 Å². The first-order valence-corrected chi connectivity index (χ1v) is 7.59. The van der Waals surface area contributed by atoms with Gasteiger partial charge in [-0.1, -0.05) is 26.0 Å². The van der Waals surface area contributed by atoms with E-state index in [1.165, 1.54) is 34.6 Å². The Balaban J connectivity index is 6.23. The molecule has 5 nitrogen and oxygen atoms in total. The van der Waals surface area contributed by atoms with Crippen molar-refractivity contribution in [3.63, 3.8) is 0 Å². The maximum absolute atomic E-state index is 12.5. The fourth-order valence-corrected chi connectivity index (χ4v) is 2.10. The molecule has 0 heterocycles. The summed E-state index contributed by atoms with van der Waals surface area (Å²) < 4.78 is 46.1. The number of rotatable bonds is 8. The molecule has 0 saturated carbocycles. The van der Waals surface area contributed by atoms with Gasteiger partial charge < -0.3 is 14.6 Å². The Morgan fingerprint density at radius 1 is 1.36 bits per heavy atom. The first-order valence-electron chi connectivity index (χ1n) is 7.59. The van der Waals surface area contributed by atoms with Gasteiger partial charge in [-0.2, -0.15) is 0 Å². The quantitative estimate of drug-likeness (QED) is 0.297. The smallest absolute Gasteiger partial charge is 0.461 e. The van der Waals surface area contributed by atoms with Gasteiger partial charge in [-0.05, 0) is 44.4 Å². The fraction of sp³-hybridized carbons (Fsp3) is 0.529. The third-order valence-electron chi connectivity index (χ3n) is 3.37. The van der Waals surface area contributed by atoms with Crippen molar-refractivity contribution in [2.45, 2.75) is 46.6 Å². The Hall–Kier alpha value is -2.09. The van der Waals surface area contributed by atoms with Crippen molar-refractivity contribution >= 4 is 11.7 Å². The average molecular weight is 363 g/mol. The number of aliphatic hydroxyl groups is 1. The molecule has 0 bridgehead atoms. The zero-order valence-electron chi connectivity index (χ0n) is 15.0. The highest BCUT2D eigenvalue weighted by molar-refractivity contribution is 6.39. The molecule has 1 unspecified atom stereocenters. The van der Waals surface area contributed by atoms with Gasteiger partial charge in [0.15, 0.2) is 5.71 Å². The second-order valence-electron chi connectivity index (χ2n) is 5.59. The molecular formula is C17H24F3NO4. The number of carbonyl (C=O) groups is 1. The van der Waals surface area contributed by atoms with Gasteiger partial charge in [-0.3, -0.25) is 5.41 Å². The molecule has 0 aliphatic carbocycles. The van der Waals surface area contributed by atoms with Gasteiger partial charge in [-0.25, -0.2) is 4.79 Å². The molecule has 142 valence electrons. The molecule has 0 saturated heterocycles. The van der Waals surface area contributed by atoms with Gasteiger partial charge in [0.25, 0.3) is 0 Å². The zero-order valence-corrected chi connectivity index (χ0v) is 15.0. The van der Waals surface area contributed by atoms with Crippen LogP contribution in [0.5, 0.6) is 0 Å². The molecule has 0 aliphatic rings. The number of carbonyl (C=O) groups excluding carboxylic acids is 1. The lowest BCUT2D eigenvalue weighted by molar-refractivity contribution is -0.303. The summed E-state index contributed by atoms with van der Waals surface area (Å²) in [4.78, 5) is 11.9. The molecule has 0 amide bonds. The lowest BCUT2D eigenvalue weighted by atomic mass is 9.76. The summed E-state index contributed by atoms with van der Waals surface area (Å²) in [7, 11) is 0. The lowest BCUT2D eigenvalue weighted by Gasteiger charge is -2.34. The minimum Gasteiger partial charge on any atom is -0.461 e. The van der Waals surface area contributed by atoms with Crippen LogP contribution in [0, 0.1) is 11.3 Å². The Bertz CT molecular complexity index is 591. The predicted molar refractivity (Wildman–Crippen MR) is 87.9 cm³/mol. The second-order valence-corrected chi connectivity index (χ2v) is 5.59. The minimum atomic E-state index is -4.93. The SMILES string of the molecule is C=C(C)C(=CC(=CC)OC(F)(F)F)C(O)(C(=N)C(=O)OCC)C(C)C. The van der Waals surface area contributed by atoms with Crippen LogP contribution in [0.1, 0.15) is 34.6 Å². The van der Waals surface area contributed by atoms with E-state index in [0.29, 0.717) is 0 Å². The summed E-state index contributed by atoms with van der Waals surface area (Å²) in [6, 6.07) is 0. The van der Waals surface area contributed by atoms with Crippen molar-refractivity contribution in [2.24, 2.45) is 5.92 Å². The normalized spacial score (nSPS) is 15.6. The number of alkyl halides is 3. The van der Waals surface area contributed by atoms with E-state index in [1.54, 1.807) is 0 Å². The Labute approximate surface area is 145 Å².